The molecule has 23 heavy (non-hydrogen) atoms. The third-order valence-corrected chi connectivity index (χ3v) is 4.14. The van der Waals surface area contributed by atoms with Crippen LogP contribution in [0.3, 0.4) is 0 Å². The molecule has 0 saturated heterocycles. The van der Waals surface area contributed by atoms with E-state index in [1.807, 2.05) is 79.9 Å². The zero-order valence-electron chi connectivity index (χ0n) is 13.5. The van der Waals surface area contributed by atoms with E-state index in [1.54, 1.807) is 0 Å². The fraction of sp³-hybridized carbons (Fsp3) is 0.278. The molecule has 2 aromatic heterocycles. The number of nitrogens with zero attached hydrogens (tertiary/aromatic N) is 3. The Labute approximate surface area is 135 Å². The van der Waals surface area contributed by atoms with Gasteiger partial charge < -0.3 is 5.32 Å². The molecule has 0 aliphatic rings. The minimum Gasteiger partial charge on any atom is -0.346 e. The van der Waals surface area contributed by atoms with Crippen molar-refractivity contribution in [3.63, 3.8) is 0 Å². The van der Waals surface area contributed by atoms with Gasteiger partial charge in [0, 0.05) is 6.20 Å². The molecule has 3 rings (SSSR count). The van der Waals surface area contributed by atoms with Gasteiger partial charge in [0.05, 0.1) is 11.5 Å². The first-order valence-corrected chi connectivity index (χ1v) is 7.66. The maximum Gasteiger partial charge on any atom is 0.230 e. The van der Waals surface area contributed by atoms with Crippen molar-refractivity contribution in [2.45, 2.75) is 32.2 Å². The van der Waals surface area contributed by atoms with Gasteiger partial charge in [0.2, 0.25) is 5.91 Å². The number of nitrogens with one attached hydrogen (secondary N) is 1. The van der Waals surface area contributed by atoms with Crippen LogP contribution in [0.1, 0.15) is 38.2 Å². The fourth-order valence-electron chi connectivity index (χ4n) is 2.58. The number of carbonyl (C=O) groups is 1. The van der Waals surface area contributed by atoms with Gasteiger partial charge in [0.15, 0.2) is 11.5 Å². The number of hydrogen-bond acceptors (Lipinski definition) is 3. The summed E-state index contributed by atoms with van der Waals surface area (Å²) in [6.45, 7) is 5.76. The molecule has 1 aromatic carbocycles. The molecule has 1 atom stereocenters. The summed E-state index contributed by atoms with van der Waals surface area (Å²) in [5.74, 6) is 0.682. The van der Waals surface area contributed by atoms with Gasteiger partial charge in [-0.2, -0.15) is 0 Å². The Morgan fingerprint density at radius 3 is 2.52 bits per heavy atom. The van der Waals surface area contributed by atoms with E-state index in [2.05, 4.69) is 15.5 Å². The number of hydrogen-bond donors (Lipinski definition) is 1. The standard InChI is InChI=1S/C18H20N4O/c1-13(16-21-20-15-11-7-8-12-22(15)16)19-17(23)18(2,3)14-9-5-4-6-10-14/h4-13H,1-3H3,(H,19,23). The molecular weight excluding hydrogens is 288 g/mol. The number of benzene rings is 1. The van der Waals surface area contributed by atoms with Gasteiger partial charge >= 0.3 is 0 Å². The Balaban J connectivity index is 1.82. The molecule has 0 aliphatic heterocycles. The molecule has 1 unspecified atom stereocenters. The Bertz CT molecular complexity index is 823. The van der Waals surface area contributed by atoms with Gasteiger partial charge in [-0.3, -0.25) is 9.20 Å². The van der Waals surface area contributed by atoms with Crippen molar-refractivity contribution in [1.82, 2.24) is 19.9 Å². The normalized spacial score (nSPS) is 13.0. The molecule has 1 N–H and O–H groups in total. The van der Waals surface area contributed by atoms with Crippen molar-refractivity contribution in [2.24, 2.45) is 0 Å². The first-order chi connectivity index (χ1) is 11.0. The van der Waals surface area contributed by atoms with Crippen LogP contribution in [-0.4, -0.2) is 20.5 Å². The number of carbonyl (C=O) groups excluding carboxylic acids is 1. The summed E-state index contributed by atoms with van der Waals surface area (Å²) in [7, 11) is 0. The number of amides is 1. The monoisotopic (exact) mass is 308 g/mol. The van der Waals surface area contributed by atoms with E-state index in [0.29, 0.717) is 0 Å². The van der Waals surface area contributed by atoms with Gasteiger partial charge in [-0.1, -0.05) is 36.4 Å². The van der Waals surface area contributed by atoms with E-state index in [-0.39, 0.29) is 11.9 Å². The second kappa shape index (κ2) is 5.83. The van der Waals surface area contributed by atoms with Crippen LogP contribution >= 0.6 is 0 Å². The van der Waals surface area contributed by atoms with Crippen molar-refractivity contribution in [3.8, 4) is 0 Å². The van der Waals surface area contributed by atoms with Crippen LogP contribution in [0.2, 0.25) is 0 Å². The molecule has 0 radical (unpaired) electrons. The van der Waals surface area contributed by atoms with Crippen molar-refractivity contribution >= 4 is 11.6 Å². The molecule has 3 aromatic rings. The molecule has 1 amide bonds. The van der Waals surface area contributed by atoms with Crippen LogP contribution in [0, 0.1) is 0 Å². The summed E-state index contributed by atoms with van der Waals surface area (Å²) >= 11 is 0. The van der Waals surface area contributed by atoms with Crippen LogP contribution in [-0.2, 0) is 10.2 Å². The number of aromatic nitrogens is 3. The highest BCUT2D eigenvalue weighted by Gasteiger charge is 2.31. The van der Waals surface area contributed by atoms with Crippen molar-refractivity contribution in [2.75, 3.05) is 0 Å². The predicted molar refractivity (Wildman–Crippen MR) is 89.0 cm³/mol. The quantitative estimate of drug-likeness (QED) is 0.806. The van der Waals surface area contributed by atoms with E-state index in [9.17, 15) is 4.79 Å². The van der Waals surface area contributed by atoms with Crippen LogP contribution in [0.5, 0.6) is 0 Å². The third-order valence-electron chi connectivity index (χ3n) is 4.14. The number of fused-ring (bicyclic) bond motifs is 1. The van der Waals surface area contributed by atoms with E-state index >= 15 is 0 Å². The van der Waals surface area contributed by atoms with Gasteiger partial charge in [-0.05, 0) is 38.5 Å². The molecule has 5 nitrogen and oxygen atoms in total. The highest BCUT2D eigenvalue weighted by Crippen LogP contribution is 2.24. The van der Waals surface area contributed by atoms with Gasteiger partial charge in [0.25, 0.3) is 0 Å². The zero-order valence-corrected chi connectivity index (χ0v) is 13.5. The van der Waals surface area contributed by atoms with Crippen molar-refractivity contribution in [3.05, 3.63) is 66.1 Å². The highest BCUT2D eigenvalue weighted by atomic mass is 16.2. The number of rotatable bonds is 4. The highest BCUT2D eigenvalue weighted by molar-refractivity contribution is 5.87. The lowest BCUT2D eigenvalue weighted by Crippen LogP contribution is -2.41. The molecule has 2 heterocycles. The van der Waals surface area contributed by atoms with E-state index in [1.165, 1.54) is 0 Å². The minimum absolute atomic E-state index is 0.0381. The zero-order chi connectivity index (χ0) is 16.4. The SMILES string of the molecule is CC(NC(=O)C(C)(C)c1ccccc1)c1nnc2ccccn12. The van der Waals surface area contributed by atoms with Gasteiger partial charge in [-0.15, -0.1) is 10.2 Å². The Hall–Kier alpha value is -2.69. The summed E-state index contributed by atoms with van der Waals surface area (Å²) in [6, 6.07) is 15.3. The summed E-state index contributed by atoms with van der Waals surface area (Å²) < 4.78 is 1.89. The van der Waals surface area contributed by atoms with Crippen LogP contribution in [0.15, 0.2) is 54.7 Å². The van der Waals surface area contributed by atoms with Crippen molar-refractivity contribution < 1.29 is 4.79 Å². The molecule has 0 aliphatic carbocycles. The van der Waals surface area contributed by atoms with Gasteiger partial charge in [0.1, 0.15) is 0 Å². The lowest BCUT2D eigenvalue weighted by molar-refractivity contribution is -0.126. The molecule has 0 bridgehead atoms. The van der Waals surface area contributed by atoms with Crippen molar-refractivity contribution in [1.29, 1.82) is 0 Å². The Morgan fingerprint density at radius 2 is 1.78 bits per heavy atom. The van der Waals surface area contributed by atoms with E-state index in [0.717, 1.165) is 17.0 Å². The Kier molecular flexibility index (Phi) is 3.86. The smallest absolute Gasteiger partial charge is 0.230 e. The molecular formula is C18H20N4O. The molecule has 0 spiro atoms. The van der Waals surface area contributed by atoms with E-state index in [4.69, 9.17) is 0 Å². The summed E-state index contributed by atoms with van der Waals surface area (Å²) in [6.07, 6.45) is 1.90. The first kappa shape index (κ1) is 15.2. The summed E-state index contributed by atoms with van der Waals surface area (Å²) in [5, 5.41) is 11.4. The van der Waals surface area contributed by atoms with E-state index < -0.39 is 5.41 Å². The molecule has 5 heteroatoms. The average Bonchev–Trinajstić information content (AvgIpc) is 2.99. The molecule has 118 valence electrons. The first-order valence-electron chi connectivity index (χ1n) is 7.66. The lowest BCUT2D eigenvalue weighted by atomic mass is 9.83. The second-order valence-electron chi connectivity index (χ2n) is 6.17. The molecule has 0 fully saturated rings. The third kappa shape index (κ3) is 2.82. The minimum atomic E-state index is -0.615. The largest absolute Gasteiger partial charge is 0.346 e. The molecule has 0 saturated carbocycles. The maximum atomic E-state index is 12.7. The second-order valence-corrected chi connectivity index (χ2v) is 6.17. The van der Waals surface area contributed by atoms with Gasteiger partial charge in [-0.25, -0.2) is 0 Å². The summed E-state index contributed by atoms with van der Waals surface area (Å²) in [4.78, 5) is 12.7. The average molecular weight is 308 g/mol. The lowest BCUT2D eigenvalue weighted by Gasteiger charge is -2.26. The van der Waals surface area contributed by atoms with Crippen LogP contribution in [0.4, 0.5) is 0 Å². The maximum absolute atomic E-state index is 12.7. The van der Waals surface area contributed by atoms with Crippen LogP contribution < -0.4 is 5.32 Å². The summed E-state index contributed by atoms with van der Waals surface area (Å²) in [5.41, 5.74) is 1.14. The Morgan fingerprint density at radius 1 is 1.09 bits per heavy atom. The number of pyridine rings is 1. The fourth-order valence-corrected chi connectivity index (χ4v) is 2.58. The van der Waals surface area contributed by atoms with Crippen LogP contribution in [0.25, 0.3) is 5.65 Å². The topological polar surface area (TPSA) is 59.3 Å². The predicted octanol–water partition coefficient (Wildman–Crippen LogP) is 2.88.